The van der Waals surface area contributed by atoms with Crippen LogP contribution in [0.15, 0.2) is 4.90 Å². The quantitative estimate of drug-likeness (QED) is 0.227. The molecule has 1 heterocycles. The molecule has 2 aliphatic carbocycles. The summed E-state index contributed by atoms with van der Waals surface area (Å²) in [5, 5.41) is 0. The summed E-state index contributed by atoms with van der Waals surface area (Å²) in [4.78, 5) is 33.9. The van der Waals surface area contributed by atoms with E-state index < -0.39 is 97.8 Å². The van der Waals surface area contributed by atoms with E-state index in [1.807, 2.05) is 0 Å². The lowest BCUT2D eigenvalue weighted by atomic mass is 9.78. The number of rotatable bonds is 4. The molecule has 1 aliphatic heterocycles. The number of carbonyl (C=O) groups excluding carboxylic acids is 3. The molecule has 3 fully saturated rings. The summed E-state index contributed by atoms with van der Waals surface area (Å²) in [5.74, 6) is -18.5. The third kappa shape index (κ3) is 3.07. The highest BCUT2D eigenvalue weighted by Crippen LogP contribution is 2.59. The summed E-state index contributed by atoms with van der Waals surface area (Å²) in [6, 6.07) is 0. The first kappa shape index (κ1) is 21.5. The molecule has 0 radical (unpaired) electrons. The van der Waals surface area contributed by atoms with Crippen LogP contribution in [0, 0.1) is 46.9 Å². The highest BCUT2D eigenvalue weighted by molar-refractivity contribution is 7.85. The summed E-state index contributed by atoms with van der Waals surface area (Å²) in [6.07, 6.45) is -1.63. The van der Waals surface area contributed by atoms with Gasteiger partial charge in [0.25, 0.3) is 0 Å². The normalized spacial score (nSPS) is 31.0. The van der Waals surface area contributed by atoms with Crippen molar-refractivity contribution in [3.63, 3.8) is 0 Å². The monoisotopic (exact) mass is 468 g/mol. The maximum Gasteiger partial charge on any atom is 0.315 e. The summed E-state index contributed by atoms with van der Waals surface area (Å²) in [6.45, 7) is 1.08. The molecule has 1 aromatic carbocycles. The van der Waals surface area contributed by atoms with E-state index in [9.17, 15) is 40.4 Å². The van der Waals surface area contributed by atoms with Crippen molar-refractivity contribution in [2.75, 3.05) is 0 Å². The van der Waals surface area contributed by atoms with Crippen molar-refractivity contribution in [2.45, 2.75) is 30.4 Å². The van der Waals surface area contributed by atoms with Crippen LogP contribution in [0.2, 0.25) is 0 Å². The van der Waals surface area contributed by atoms with Crippen LogP contribution < -0.4 is 4.74 Å². The van der Waals surface area contributed by atoms with Crippen LogP contribution >= 0.6 is 0 Å². The van der Waals surface area contributed by atoms with E-state index in [0.29, 0.717) is 0 Å². The minimum absolute atomic E-state index is 0.189. The maximum absolute atomic E-state index is 14.2. The van der Waals surface area contributed by atoms with E-state index in [0.717, 1.165) is 6.92 Å². The average Bonchev–Trinajstić information content (AvgIpc) is 3.26. The highest BCUT2D eigenvalue weighted by Gasteiger charge is 2.70. The molecule has 3 aliphatic rings. The van der Waals surface area contributed by atoms with Gasteiger partial charge in [0.05, 0.1) is 11.8 Å². The number of carbonyl (C=O) groups is 3. The standard InChI is InChI=1S/C17H12F4O9S/c1-3(22)28-12-4-2-5-7(16(23)29-13(5)12)6(4)17(24)30-14-8(18)10(20)15(31(25,26)27)11(21)9(14)19/h4-7,12-13H,2H2,1H3,(H,25,26,27). The van der Waals surface area contributed by atoms with E-state index in [2.05, 4.69) is 4.74 Å². The van der Waals surface area contributed by atoms with Gasteiger partial charge in [-0.25, -0.2) is 8.78 Å². The Morgan fingerprint density at radius 3 is 2.16 bits per heavy atom. The van der Waals surface area contributed by atoms with Gasteiger partial charge in [-0.05, 0) is 6.42 Å². The topological polar surface area (TPSA) is 133 Å². The largest absolute Gasteiger partial charge is 0.458 e. The number of hydrogen-bond acceptors (Lipinski definition) is 8. The predicted octanol–water partition coefficient (Wildman–Crippen LogP) is 1.13. The Balaban J connectivity index is 1.69. The van der Waals surface area contributed by atoms with Gasteiger partial charge in [-0.15, -0.1) is 0 Å². The molecule has 1 saturated heterocycles. The van der Waals surface area contributed by atoms with Crippen molar-refractivity contribution in [3.8, 4) is 5.75 Å². The van der Waals surface area contributed by atoms with E-state index in [1.165, 1.54) is 0 Å². The molecular weight excluding hydrogens is 456 g/mol. The SMILES string of the molecule is CC(=O)OC1C2CC3C1OC(=O)C3C2C(=O)Oc1c(F)c(F)c(S(=O)(=O)O)c(F)c1F. The average molecular weight is 468 g/mol. The van der Waals surface area contributed by atoms with Gasteiger partial charge in [0.1, 0.15) is 12.2 Å². The van der Waals surface area contributed by atoms with Crippen LogP contribution in [0.1, 0.15) is 13.3 Å². The third-order valence-corrected chi connectivity index (χ3v) is 6.64. The number of ether oxygens (including phenoxy) is 3. The van der Waals surface area contributed by atoms with Crippen LogP contribution in [0.5, 0.6) is 5.75 Å². The number of esters is 3. The van der Waals surface area contributed by atoms with E-state index >= 15 is 0 Å². The molecule has 0 amide bonds. The fourth-order valence-corrected chi connectivity index (χ4v) is 5.37. The number of hydrogen-bond donors (Lipinski definition) is 1. The zero-order chi connectivity index (χ0) is 23.0. The summed E-state index contributed by atoms with van der Waals surface area (Å²) in [7, 11) is -5.69. The minimum atomic E-state index is -5.69. The van der Waals surface area contributed by atoms with Crippen LogP contribution in [0.3, 0.4) is 0 Å². The van der Waals surface area contributed by atoms with Crippen molar-refractivity contribution in [2.24, 2.45) is 23.7 Å². The molecule has 31 heavy (non-hydrogen) atoms. The van der Waals surface area contributed by atoms with Crippen LogP contribution in [-0.2, 0) is 34.0 Å². The Hall–Kier alpha value is -2.74. The molecule has 2 saturated carbocycles. The minimum Gasteiger partial charge on any atom is -0.458 e. The molecule has 0 spiro atoms. The second-order valence-electron chi connectivity index (χ2n) is 7.40. The smallest absolute Gasteiger partial charge is 0.315 e. The number of halogens is 4. The number of benzene rings is 1. The van der Waals surface area contributed by atoms with Crippen molar-refractivity contribution in [1.29, 1.82) is 0 Å². The molecule has 2 bridgehead atoms. The van der Waals surface area contributed by atoms with E-state index in [1.54, 1.807) is 0 Å². The first-order valence-corrected chi connectivity index (χ1v) is 10.2. The summed E-state index contributed by atoms with van der Waals surface area (Å²) >= 11 is 0. The zero-order valence-corrected chi connectivity index (χ0v) is 16.1. The molecule has 0 aromatic heterocycles. The Labute approximate surface area is 171 Å². The molecule has 6 atom stereocenters. The molecular formula is C17H12F4O9S. The Kier molecular flexibility index (Phi) is 4.77. The first-order chi connectivity index (χ1) is 14.3. The predicted molar refractivity (Wildman–Crippen MR) is 85.7 cm³/mol. The lowest BCUT2D eigenvalue weighted by molar-refractivity contribution is -0.161. The zero-order valence-electron chi connectivity index (χ0n) is 15.3. The van der Waals surface area contributed by atoms with Crippen molar-refractivity contribution in [1.82, 2.24) is 0 Å². The van der Waals surface area contributed by atoms with Gasteiger partial charge in [-0.1, -0.05) is 0 Å². The third-order valence-electron chi connectivity index (χ3n) is 5.76. The van der Waals surface area contributed by atoms with Gasteiger partial charge in [0, 0.05) is 18.8 Å². The van der Waals surface area contributed by atoms with Crippen molar-refractivity contribution >= 4 is 28.0 Å². The molecule has 14 heteroatoms. The number of fused-ring (bicyclic) bond motifs is 1. The molecule has 6 unspecified atom stereocenters. The van der Waals surface area contributed by atoms with Crippen molar-refractivity contribution in [3.05, 3.63) is 23.3 Å². The molecule has 1 aromatic rings. The van der Waals surface area contributed by atoms with E-state index in [-0.39, 0.29) is 6.42 Å². The lowest BCUT2D eigenvalue weighted by Gasteiger charge is -2.29. The Morgan fingerprint density at radius 1 is 1.06 bits per heavy atom. The fourth-order valence-electron chi connectivity index (χ4n) is 4.74. The lowest BCUT2D eigenvalue weighted by Crippen LogP contribution is -2.44. The van der Waals surface area contributed by atoms with Gasteiger partial charge >= 0.3 is 28.0 Å². The highest BCUT2D eigenvalue weighted by atomic mass is 32.2. The Morgan fingerprint density at radius 2 is 1.65 bits per heavy atom. The Bertz CT molecular complexity index is 1110. The second-order valence-corrected chi connectivity index (χ2v) is 8.76. The van der Waals surface area contributed by atoms with Crippen LogP contribution in [-0.4, -0.2) is 43.1 Å². The summed E-state index contributed by atoms with van der Waals surface area (Å²) < 4.78 is 102. The first-order valence-electron chi connectivity index (χ1n) is 8.77. The van der Waals surface area contributed by atoms with Gasteiger partial charge in [0.15, 0.2) is 16.5 Å². The van der Waals surface area contributed by atoms with Gasteiger partial charge < -0.3 is 14.2 Å². The maximum atomic E-state index is 14.2. The van der Waals surface area contributed by atoms with Gasteiger partial charge in [0.2, 0.25) is 17.4 Å². The van der Waals surface area contributed by atoms with E-state index in [4.69, 9.17) is 14.0 Å². The van der Waals surface area contributed by atoms with Gasteiger partial charge in [-0.2, -0.15) is 17.2 Å². The molecule has 4 rings (SSSR count). The molecule has 168 valence electrons. The van der Waals surface area contributed by atoms with Crippen molar-refractivity contribution < 1.29 is 59.1 Å². The molecule has 9 nitrogen and oxygen atoms in total. The second kappa shape index (κ2) is 6.88. The van der Waals surface area contributed by atoms with Crippen LogP contribution in [0.4, 0.5) is 17.6 Å². The summed E-state index contributed by atoms with van der Waals surface area (Å²) in [5.41, 5.74) is 0. The van der Waals surface area contributed by atoms with Gasteiger partial charge in [-0.3, -0.25) is 18.9 Å². The van der Waals surface area contributed by atoms with Crippen LogP contribution in [0.25, 0.3) is 0 Å². The fraction of sp³-hybridized carbons (Fsp3) is 0.471. The molecule has 1 N–H and O–H groups in total.